The predicted molar refractivity (Wildman–Crippen MR) is 143 cm³/mol. The maximum atomic E-state index is 13.3. The molecule has 2 aromatic rings. The van der Waals surface area contributed by atoms with Crippen molar-refractivity contribution in [2.24, 2.45) is 5.92 Å². The Morgan fingerprint density at radius 2 is 1.70 bits per heavy atom. The Labute approximate surface area is 218 Å². The number of carbonyl (C=O) groups excluding carboxylic acids is 3. The molecule has 4 N–H and O–H groups in total. The molecule has 0 radical (unpaired) electrons. The molecule has 8 heteroatoms. The van der Waals surface area contributed by atoms with Gasteiger partial charge in [0.15, 0.2) is 0 Å². The molecule has 1 aliphatic carbocycles. The summed E-state index contributed by atoms with van der Waals surface area (Å²) in [6.07, 6.45) is 5.19. The first-order chi connectivity index (χ1) is 17.9. The van der Waals surface area contributed by atoms with Gasteiger partial charge in [0.25, 0.3) is 0 Å². The number of fused-ring (bicyclic) bond motifs is 1. The number of ether oxygens (including phenoxy) is 1. The van der Waals surface area contributed by atoms with Crippen molar-refractivity contribution in [2.75, 3.05) is 19.7 Å². The van der Waals surface area contributed by atoms with Crippen LogP contribution in [0.4, 0.5) is 0 Å². The third kappa shape index (κ3) is 6.98. The number of hydrogen-bond donors (Lipinski definition) is 4. The lowest BCUT2D eigenvalue weighted by molar-refractivity contribution is -0.133. The number of nitrogens with one attached hydrogen (secondary N) is 4. The van der Waals surface area contributed by atoms with Crippen LogP contribution < -0.4 is 26.0 Å². The van der Waals surface area contributed by atoms with Gasteiger partial charge in [-0.2, -0.15) is 0 Å². The van der Waals surface area contributed by atoms with Crippen LogP contribution in [0.25, 0.3) is 6.08 Å². The van der Waals surface area contributed by atoms with Gasteiger partial charge in [-0.25, -0.2) is 0 Å². The molecule has 0 aromatic heterocycles. The van der Waals surface area contributed by atoms with Crippen LogP contribution in [0, 0.1) is 5.92 Å². The summed E-state index contributed by atoms with van der Waals surface area (Å²) < 4.78 is 5.97. The third-order valence-electron chi connectivity index (χ3n) is 6.74. The Morgan fingerprint density at radius 3 is 2.43 bits per heavy atom. The number of carbonyl (C=O) groups is 3. The van der Waals surface area contributed by atoms with E-state index in [-0.39, 0.29) is 23.6 Å². The Kier molecular flexibility index (Phi) is 8.61. The minimum Gasteiger partial charge on any atom is -0.492 e. The lowest BCUT2D eigenvalue weighted by Crippen LogP contribution is -2.59. The molecular formula is C29H36N4O4. The van der Waals surface area contributed by atoms with E-state index in [9.17, 15) is 14.4 Å². The van der Waals surface area contributed by atoms with E-state index in [2.05, 4.69) is 21.3 Å². The van der Waals surface area contributed by atoms with E-state index in [1.807, 2.05) is 80.6 Å². The van der Waals surface area contributed by atoms with Gasteiger partial charge in [-0.15, -0.1) is 0 Å². The van der Waals surface area contributed by atoms with Gasteiger partial charge in [0, 0.05) is 25.1 Å². The molecule has 1 aliphatic heterocycles. The molecule has 4 rings (SSSR count). The van der Waals surface area contributed by atoms with Crippen molar-refractivity contribution in [1.29, 1.82) is 0 Å². The van der Waals surface area contributed by atoms with Gasteiger partial charge < -0.3 is 26.0 Å². The Hall–Kier alpha value is -3.65. The maximum Gasteiger partial charge on any atom is 0.246 e. The zero-order chi connectivity index (χ0) is 26.3. The number of rotatable bonds is 3. The SMILES string of the molecule is CC(C)[C@@H]1NCCOc2ccccc2/C=C\CNC(=O)[C@H](Cc2ccccc2)NC(=O)C2(CC2)NC1=O. The van der Waals surface area contributed by atoms with Crippen molar-refractivity contribution >= 4 is 23.8 Å². The highest BCUT2D eigenvalue weighted by Crippen LogP contribution is 2.36. The van der Waals surface area contributed by atoms with E-state index in [4.69, 9.17) is 4.74 Å². The van der Waals surface area contributed by atoms with E-state index in [1.165, 1.54) is 0 Å². The number of amides is 3. The van der Waals surface area contributed by atoms with Crippen molar-refractivity contribution in [3.8, 4) is 5.75 Å². The van der Waals surface area contributed by atoms with Gasteiger partial charge in [0.1, 0.15) is 23.9 Å². The van der Waals surface area contributed by atoms with Gasteiger partial charge in [-0.3, -0.25) is 14.4 Å². The molecule has 1 spiro atoms. The topological polar surface area (TPSA) is 109 Å². The van der Waals surface area contributed by atoms with Crippen molar-refractivity contribution in [1.82, 2.24) is 21.3 Å². The fraction of sp³-hybridized carbons (Fsp3) is 0.414. The van der Waals surface area contributed by atoms with E-state index in [1.54, 1.807) is 0 Å². The molecule has 2 aliphatic rings. The molecule has 1 fully saturated rings. The summed E-state index contributed by atoms with van der Waals surface area (Å²) in [7, 11) is 0. The monoisotopic (exact) mass is 504 g/mol. The third-order valence-corrected chi connectivity index (χ3v) is 6.74. The van der Waals surface area contributed by atoms with Crippen molar-refractivity contribution in [3.63, 3.8) is 0 Å². The highest BCUT2D eigenvalue weighted by molar-refractivity contribution is 5.98. The number of benzene rings is 2. The van der Waals surface area contributed by atoms with Gasteiger partial charge in [-0.05, 0) is 30.4 Å². The van der Waals surface area contributed by atoms with Gasteiger partial charge >= 0.3 is 0 Å². The van der Waals surface area contributed by atoms with Crippen molar-refractivity contribution in [2.45, 2.75) is 50.7 Å². The molecule has 0 bridgehead atoms. The molecule has 2 aromatic carbocycles. The lowest BCUT2D eigenvalue weighted by atomic mass is 10.0. The summed E-state index contributed by atoms with van der Waals surface area (Å²) in [6.45, 7) is 5.08. The molecule has 0 saturated heterocycles. The molecular weight excluding hydrogens is 468 g/mol. The highest BCUT2D eigenvalue weighted by atomic mass is 16.5. The van der Waals surface area contributed by atoms with E-state index in [0.717, 1.165) is 16.9 Å². The summed E-state index contributed by atoms with van der Waals surface area (Å²) >= 11 is 0. The Balaban J connectivity index is 1.58. The normalized spacial score (nSPS) is 23.5. The predicted octanol–water partition coefficient (Wildman–Crippen LogP) is 2.20. The van der Waals surface area contributed by atoms with Crippen LogP contribution in [0.3, 0.4) is 0 Å². The lowest BCUT2D eigenvalue weighted by Gasteiger charge is -2.27. The van der Waals surface area contributed by atoms with Crippen LogP contribution in [0.2, 0.25) is 0 Å². The number of para-hydroxylation sites is 1. The quantitative estimate of drug-likeness (QED) is 0.513. The van der Waals surface area contributed by atoms with Gasteiger partial charge in [-0.1, -0.05) is 74.5 Å². The van der Waals surface area contributed by atoms with Crippen LogP contribution in [0.15, 0.2) is 60.7 Å². The fourth-order valence-electron chi connectivity index (χ4n) is 4.43. The van der Waals surface area contributed by atoms with E-state index >= 15 is 0 Å². The first-order valence-corrected chi connectivity index (χ1v) is 12.9. The van der Waals surface area contributed by atoms with Crippen molar-refractivity contribution < 1.29 is 19.1 Å². The Morgan fingerprint density at radius 1 is 0.973 bits per heavy atom. The molecule has 2 atom stereocenters. The van der Waals surface area contributed by atoms with Crippen LogP contribution in [-0.2, 0) is 20.8 Å². The minimum absolute atomic E-state index is 0.0104. The smallest absolute Gasteiger partial charge is 0.246 e. The molecule has 37 heavy (non-hydrogen) atoms. The molecule has 196 valence electrons. The molecule has 8 nitrogen and oxygen atoms in total. The van der Waals surface area contributed by atoms with Crippen LogP contribution in [-0.4, -0.2) is 55.0 Å². The second kappa shape index (κ2) is 12.1. The summed E-state index contributed by atoms with van der Waals surface area (Å²) in [5, 5.41) is 12.1. The summed E-state index contributed by atoms with van der Waals surface area (Å²) in [4.78, 5) is 39.7. The largest absolute Gasteiger partial charge is 0.492 e. The standard InChI is InChI=1S/C29H36N4O4/c1-20(2)25-27(35)33-29(14-15-29)28(36)32-23(19-21-9-4-3-5-10-21)26(34)31-16-8-12-22-11-6-7-13-24(22)37-18-17-30-25/h3-13,20,23,25,30H,14-19H2,1-2H3,(H,31,34)(H,32,36)(H,33,35)/b12-8-/t23-,25-/m0/s1. The summed E-state index contributed by atoms with van der Waals surface area (Å²) in [5.74, 6) is -0.0955. The second-order valence-corrected chi connectivity index (χ2v) is 10.00. The fourth-order valence-corrected chi connectivity index (χ4v) is 4.43. The minimum atomic E-state index is -0.984. The van der Waals surface area contributed by atoms with Crippen LogP contribution >= 0.6 is 0 Å². The van der Waals surface area contributed by atoms with E-state index < -0.39 is 17.6 Å². The summed E-state index contributed by atoms with van der Waals surface area (Å²) in [6, 6.07) is 16.0. The van der Waals surface area contributed by atoms with Crippen molar-refractivity contribution in [3.05, 3.63) is 71.8 Å². The average molecular weight is 505 g/mol. The molecule has 0 unspecified atom stereocenters. The van der Waals surface area contributed by atoms with Crippen LogP contribution in [0.5, 0.6) is 5.75 Å². The van der Waals surface area contributed by atoms with Crippen LogP contribution in [0.1, 0.15) is 37.8 Å². The number of hydrogen-bond acceptors (Lipinski definition) is 5. The first kappa shape index (κ1) is 26.4. The van der Waals surface area contributed by atoms with E-state index in [0.29, 0.717) is 39.0 Å². The zero-order valence-corrected chi connectivity index (χ0v) is 21.5. The molecule has 1 saturated carbocycles. The van der Waals surface area contributed by atoms with Gasteiger partial charge in [0.2, 0.25) is 17.7 Å². The summed E-state index contributed by atoms with van der Waals surface area (Å²) in [5.41, 5.74) is 0.840. The Bertz CT molecular complexity index is 1130. The van der Waals surface area contributed by atoms with Gasteiger partial charge in [0.05, 0.1) is 6.04 Å². The molecule has 3 amide bonds. The average Bonchev–Trinajstić information content (AvgIpc) is 3.67. The molecule has 1 heterocycles. The first-order valence-electron chi connectivity index (χ1n) is 12.9. The zero-order valence-electron chi connectivity index (χ0n) is 21.5. The highest BCUT2D eigenvalue weighted by Gasteiger charge is 2.52. The second-order valence-electron chi connectivity index (χ2n) is 10.00. The maximum absolute atomic E-state index is 13.3.